The summed E-state index contributed by atoms with van der Waals surface area (Å²) in [6, 6.07) is 8.92. The number of ether oxygens (including phenoxy) is 3. The van der Waals surface area contributed by atoms with Crippen molar-refractivity contribution >= 4 is 34.2 Å². The molecule has 1 saturated carbocycles. The number of benzene rings is 2. The Balaban J connectivity index is 1.43. The third-order valence-electron chi connectivity index (χ3n) is 5.24. The molecule has 0 unspecified atom stereocenters. The van der Waals surface area contributed by atoms with Gasteiger partial charge in [-0.2, -0.15) is 0 Å². The van der Waals surface area contributed by atoms with Gasteiger partial charge in [0.25, 0.3) is 0 Å². The Labute approximate surface area is 184 Å². The minimum atomic E-state index is -0.251. The number of carbonyl (C=O) groups is 1. The van der Waals surface area contributed by atoms with E-state index >= 15 is 0 Å². The summed E-state index contributed by atoms with van der Waals surface area (Å²) in [5.74, 6) is 2.69. The molecule has 0 saturated heterocycles. The van der Waals surface area contributed by atoms with Crippen LogP contribution in [0.4, 0.5) is 10.5 Å². The van der Waals surface area contributed by atoms with Crippen molar-refractivity contribution in [2.24, 2.45) is 0 Å². The fraction of sp³-hybridized carbons (Fsp3) is 0.304. The minimum Gasteiger partial charge on any atom is -0.490 e. The smallest absolute Gasteiger partial charge is 0.319 e. The van der Waals surface area contributed by atoms with Crippen LogP contribution >= 0.6 is 11.6 Å². The van der Waals surface area contributed by atoms with E-state index in [1.165, 1.54) is 0 Å². The van der Waals surface area contributed by atoms with Gasteiger partial charge in [0.05, 0.1) is 34.8 Å². The SMILES string of the molecule is CCOc1cc2nccc(Oc3ccc(NC(=O)NC4CC4)c(Cl)c3)c2c2c1OCC2. The van der Waals surface area contributed by atoms with Crippen molar-refractivity contribution in [3.8, 4) is 23.0 Å². The van der Waals surface area contributed by atoms with E-state index in [2.05, 4.69) is 15.6 Å². The van der Waals surface area contributed by atoms with Crippen LogP contribution in [0.5, 0.6) is 23.0 Å². The molecule has 1 fully saturated rings. The molecule has 8 heteroatoms. The molecule has 1 aliphatic carbocycles. The highest BCUT2D eigenvalue weighted by Crippen LogP contribution is 2.44. The van der Waals surface area contributed by atoms with Crippen LogP contribution in [0.2, 0.25) is 5.02 Å². The van der Waals surface area contributed by atoms with Crippen LogP contribution in [0, 0.1) is 0 Å². The number of amides is 2. The zero-order valence-corrected chi connectivity index (χ0v) is 17.8. The van der Waals surface area contributed by atoms with Crippen LogP contribution in [-0.2, 0) is 6.42 Å². The second-order valence-corrected chi connectivity index (χ2v) is 7.94. The van der Waals surface area contributed by atoms with Gasteiger partial charge in [-0.25, -0.2) is 4.79 Å². The third kappa shape index (κ3) is 4.05. The van der Waals surface area contributed by atoms with E-state index in [9.17, 15) is 4.79 Å². The predicted molar refractivity (Wildman–Crippen MR) is 119 cm³/mol. The van der Waals surface area contributed by atoms with E-state index in [4.69, 9.17) is 25.8 Å². The molecular weight excluding hydrogens is 418 g/mol. The van der Waals surface area contributed by atoms with Gasteiger partial charge in [0.15, 0.2) is 11.5 Å². The number of rotatable bonds is 6. The van der Waals surface area contributed by atoms with Crippen molar-refractivity contribution in [3.05, 3.63) is 47.1 Å². The van der Waals surface area contributed by atoms with Gasteiger partial charge < -0.3 is 24.8 Å². The largest absolute Gasteiger partial charge is 0.490 e. The van der Waals surface area contributed by atoms with Crippen LogP contribution in [0.15, 0.2) is 36.5 Å². The summed E-state index contributed by atoms with van der Waals surface area (Å²) in [5, 5.41) is 6.95. The summed E-state index contributed by atoms with van der Waals surface area (Å²) in [7, 11) is 0. The monoisotopic (exact) mass is 439 g/mol. The number of hydrogen-bond acceptors (Lipinski definition) is 5. The molecule has 160 valence electrons. The zero-order valence-electron chi connectivity index (χ0n) is 17.0. The summed E-state index contributed by atoms with van der Waals surface area (Å²) in [5.41, 5.74) is 2.35. The van der Waals surface area contributed by atoms with Gasteiger partial charge in [-0.3, -0.25) is 4.98 Å². The maximum absolute atomic E-state index is 12.0. The lowest BCUT2D eigenvalue weighted by Gasteiger charge is -2.15. The lowest BCUT2D eigenvalue weighted by molar-refractivity contribution is 0.251. The lowest BCUT2D eigenvalue weighted by Crippen LogP contribution is -2.30. The van der Waals surface area contributed by atoms with Crippen molar-refractivity contribution in [2.75, 3.05) is 18.5 Å². The van der Waals surface area contributed by atoms with Gasteiger partial charge in [0.2, 0.25) is 0 Å². The van der Waals surface area contributed by atoms with E-state index < -0.39 is 0 Å². The number of nitrogens with one attached hydrogen (secondary N) is 2. The molecule has 0 atom stereocenters. The Morgan fingerprint density at radius 1 is 1.26 bits per heavy atom. The number of nitrogens with zero attached hydrogens (tertiary/aromatic N) is 1. The quantitative estimate of drug-likeness (QED) is 0.544. The minimum absolute atomic E-state index is 0.251. The highest BCUT2D eigenvalue weighted by Gasteiger charge is 2.25. The van der Waals surface area contributed by atoms with Gasteiger partial charge in [0, 0.05) is 36.4 Å². The normalized spacial score (nSPS) is 14.6. The van der Waals surface area contributed by atoms with E-state index in [1.807, 2.05) is 19.1 Å². The number of aromatic nitrogens is 1. The Morgan fingerprint density at radius 3 is 2.90 bits per heavy atom. The van der Waals surface area contributed by atoms with E-state index in [1.54, 1.807) is 24.4 Å². The molecular formula is C23H22ClN3O4. The van der Waals surface area contributed by atoms with Gasteiger partial charge in [-0.15, -0.1) is 0 Å². The molecule has 5 rings (SSSR count). The number of urea groups is 1. The van der Waals surface area contributed by atoms with Crippen molar-refractivity contribution in [2.45, 2.75) is 32.2 Å². The number of pyridine rings is 1. The maximum atomic E-state index is 12.0. The van der Waals surface area contributed by atoms with Crippen molar-refractivity contribution in [3.63, 3.8) is 0 Å². The zero-order chi connectivity index (χ0) is 21.4. The number of halogens is 1. The van der Waals surface area contributed by atoms with Gasteiger partial charge in [0.1, 0.15) is 11.5 Å². The van der Waals surface area contributed by atoms with Gasteiger partial charge in [-0.05, 0) is 38.0 Å². The van der Waals surface area contributed by atoms with Crippen LogP contribution in [0.25, 0.3) is 10.9 Å². The molecule has 1 aromatic heterocycles. The summed E-state index contributed by atoms with van der Waals surface area (Å²) in [6.45, 7) is 3.09. The molecule has 1 aliphatic heterocycles. The summed E-state index contributed by atoms with van der Waals surface area (Å²) < 4.78 is 17.7. The molecule has 0 radical (unpaired) electrons. The van der Waals surface area contributed by atoms with Crippen molar-refractivity contribution in [1.29, 1.82) is 0 Å². The van der Waals surface area contributed by atoms with Crippen molar-refractivity contribution in [1.82, 2.24) is 10.3 Å². The van der Waals surface area contributed by atoms with Crippen LogP contribution in [0.3, 0.4) is 0 Å². The van der Waals surface area contributed by atoms with Gasteiger partial charge >= 0.3 is 6.03 Å². The number of carbonyl (C=O) groups excluding carboxylic acids is 1. The average Bonchev–Trinajstić information content (AvgIpc) is 3.41. The first-order valence-electron chi connectivity index (χ1n) is 10.4. The Hall–Kier alpha value is -3.19. The highest BCUT2D eigenvalue weighted by molar-refractivity contribution is 6.33. The Morgan fingerprint density at radius 2 is 2.13 bits per heavy atom. The molecule has 31 heavy (non-hydrogen) atoms. The van der Waals surface area contributed by atoms with Crippen LogP contribution < -0.4 is 24.8 Å². The highest BCUT2D eigenvalue weighted by atomic mass is 35.5. The molecule has 2 heterocycles. The Bertz CT molecular complexity index is 1160. The molecule has 3 aromatic rings. The maximum Gasteiger partial charge on any atom is 0.319 e. The Kier molecular flexibility index (Phi) is 5.19. The fourth-order valence-corrected chi connectivity index (χ4v) is 3.90. The van der Waals surface area contributed by atoms with E-state index in [0.717, 1.165) is 41.5 Å². The van der Waals surface area contributed by atoms with Crippen molar-refractivity contribution < 1.29 is 19.0 Å². The second-order valence-electron chi connectivity index (χ2n) is 7.53. The summed E-state index contributed by atoms with van der Waals surface area (Å²) >= 11 is 6.39. The number of fused-ring (bicyclic) bond motifs is 3. The molecule has 7 nitrogen and oxygen atoms in total. The van der Waals surface area contributed by atoms with Crippen LogP contribution in [-0.4, -0.2) is 30.3 Å². The molecule has 2 amide bonds. The topological polar surface area (TPSA) is 81.7 Å². The molecule has 0 spiro atoms. The van der Waals surface area contributed by atoms with E-state index in [-0.39, 0.29) is 12.1 Å². The predicted octanol–water partition coefficient (Wildman–Crippen LogP) is 5.30. The first kappa shape index (κ1) is 19.8. The third-order valence-corrected chi connectivity index (χ3v) is 5.55. The second kappa shape index (κ2) is 8.15. The van der Waals surface area contributed by atoms with E-state index in [0.29, 0.717) is 41.2 Å². The summed E-state index contributed by atoms with van der Waals surface area (Å²) in [6.07, 6.45) is 4.51. The van der Waals surface area contributed by atoms with Gasteiger partial charge in [-0.1, -0.05) is 11.6 Å². The first-order valence-corrected chi connectivity index (χ1v) is 10.7. The molecule has 2 aliphatic rings. The average molecular weight is 440 g/mol. The molecule has 2 aromatic carbocycles. The summed E-state index contributed by atoms with van der Waals surface area (Å²) in [4.78, 5) is 16.5. The number of anilines is 1. The fourth-order valence-electron chi connectivity index (χ4n) is 3.68. The molecule has 0 bridgehead atoms. The molecule has 2 N–H and O–H groups in total. The number of hydrogen-bond donors (Lipinski definition) is 2. The van der Waals surface area contributed by atoms with Crippen LogP contribution in [0.1, 0.15) is 25.3 Å². The standard InChI is InChI=1S/C23H22ClN3O4/c1-2-29-20-12-18-21(15-8-10-30-22(15)20)19(7-9-25-18)31-14-5-6-17(16(24)11-14)27-23(28)26-13-3-4-13/h5-7,9,11-13H,2-4,8,10H2,1H3,(H2,26,27,28). The first-order chi connectivity index (χ1) is 15.1. The lowest BCUT2D eigenvalue weighted by atomic mass is 10.0.